The van der Waals surface area contributed by atoms with Crippen LogP contribution in [0.4, 0.5) is 0 Å². The molecule has 12 heavy (non-hydrogen) atoms. The Kier molecular flexibility index (Phi) is 8.57. The van der Waals surface area contributed by atoms with Crippen molar-refractivity contribution in [2.24, 2.45) is 0 Å². The monoisotopic (exact) mass is 170 g/mol. The molecule has 0 saturated heterocycles. The van der Waals surface area contributed by atoms with Crippen LogP contribution in [-0.2, 0) is 4.74 Å². The maximum atomic E-state index is 5.43. The lowest BCUT2D eigenvalue weighted by Gasteiger charge is -2.02. The molecular formula is C11H22O. The van der Waals surface area contributed by atoms with Crippen LogP contribution >= 0.6 is 0 Å². The molecule has 0 aromatic carbocycles. The van der Waals surface area contributed by atoms with Gasteiger partial charge in [0.25, 0.3) is 0 Å². The standard InChI is InChI=1S/C11H22O/c1-4-5-6-7-9-12-10-8-11(2)3/h2,4-10H2,1,3H3. The third-order valence-electron chi connectivity index (χ3n) is 1.82. The van der Waals surface area contributed by atoms with Gasteiger partial charge in [-0.05, 0) is 19.8 Å². The molecule has 0 aliphatic carbocycles. The molecule has 0 aromatic heterocycles. The van der Waals surface area contributed by atoms with Gasteiger partial charge in [0, 0.05) is 6.61 Å². The van der Waals surface area contributed by atoms with Crippen LogP contribution in [0.1, 0.15) is 46.0 Å². The molecule has 0 N–H and O–H groups in total. The predicted octanol–water partition coefficient (Wildman–Crippen LogP) is 3.55. The van der Waals surface area contributed by atoms with Crippen molar-refractivity contribution in [2.75, 3.05) is 13.2 Å². The Morgan fingerprint density at radius 2 is 1.92 bits per heavy atom. The zero-order valence-corrected chi connectivity index (χ0v) is 8.57. The number of ether oxygens (including phenoxy) is 1. The first-order valence-electron chi connectivity index (χ1n) is 4.99. The van der Waals surface area contributed by atoms with Crippen LogP contribution in [0.2, 0.25) is 0 Å². The van der Waals surface area contributed by atoms with Crippen LogP contribution < -0.4 is 0 Å². The number of unbranched alkanes of at least 4 members (excludes halogenated alkanes) is 3. The topological polar surface area (TPSA) is 9.23 Å². The summed E-state index contributed by atoms with van der Waals surface area (Å²) < 4.78 is 5.43. The molecule has 1 nitrogen and oxygen atoms in total. The fourth-order valence-corrected chi connectivity index (χ4v) is 0.979. The van der Waals surface area contributed by atoms with Crippen LogP contribution in [0, 0.1) is 0 Å². The summed E-state index contributed by atoms with van der Waals surface area (Å²) >= 11 is 0. The maximum Gasteiger partial charge on any atom is 0.0502 e. The van der Waals surface area contributed by atoms with Gasteiger partial charge in [0.2, 0.25) is 0 Å². The Labute approximate surface area is 76.8 Å². The SMILES string of the molecule is C=C(C)CCOCCCCCC. The highest BCUT2D eigenvalue weighted by Crippen LogP contribution is 2.00. The van der Waals surface area contributed by atoms with E-state index in [1.807, 2.05) is 6.92 Å². The third kappa shape index (κ3) is 9.70. The molecule has 0 saturated carbocycles. The van der Waals surface area contributed by atoms with Crippen molar-refractivity contribution < 1.29 is 4.74 Å². The molecule has 1 heteroatoms. The zero-order chi connectivity index (χ0) is 9.23. The van der Waals surface area contributed by atoms with Crippen molar-refractivity contribution in [1.29, 1.82) is 0 Å². The largest absolute Gasteiger partial charge is 0.381 e. The predicted molar refractivity (Wildman–Crippen MR) is 54.4 cm³/mol. The van der Waals surface area contributed by atoms with Crippen LogP contribution in [0.3, 0.4) is 0 Å². The van der Waals surface area contributed by atoms with E-state index < -0.39 is 0 Å². The summed E-state index contributed by atoms with van der Waals surface area (Å²) in [6.07, 6.45) is 6.16. The molecule has 0 atom stereocenters. The summed E-state index contributed by atoms with van der Waals surface area (Å²) in [6.45, 7) is 9.86. The van der Waals surface area contributed by atoms with Gasteiger partial charge in [0.15, 0.2) is 0 Å². The lowest BCUT2D eigenvalue weighted by Crippen LogP contribution is -1.97. The minimum atomic E-state index is 0.849. The maximum absolute atomic E-state index is 5.43. The van der Waals surface area contributed by atoms with Gasteiger partial charge in [-0.1, -0.05) is 31.8 Å². The number of hydrogen-bond acceptors (Lipinski definition) is 1. The Morgan fingerprint density at radius 1 is 1.17 bits per heavy atom. The number of hydrogen-bond donors (Lipinski definition) is 0. The molecular weight excluding hydrogens is 148 g/mol. The molecule has 0 unspecified atom stereocenters. The molecule has 0 fully saturated rings. The molecule has 0 aliphatic rings. The van der Waals surface area contributed by atoms with Gasteiger partial charge in [0.05, 0.1) is 6.61 Å². The fourth-order valence-electron chi connectivity index (χ4n) is 0.979. The molecule has 0 rings (SSSR count). The molecule has 0 aromatic rings. The Morgan fingerprint density at radius 3 is 2.50 bits per heavy atom. The molecule has 0 radical (unpaired) electrons. The summed E-state index contributed by atoms with van der Waals surface area (Å²) in [5.41, 5.74) is 1.21. The minimum Gasteiger partial charge on any atom is -0.381 e. The van der Waals surface area contributed by atoms with Crippen molar-refractivity contribution in [3.05, 3.63) is 12.2 Å². The molecule has 0 spiro atoms. The second-order valence-corrected chi connectivity index (χ2v) is 3.38. The highest BCUT2D eigenvalue weighted by Gasteiger charge is 1.89. The summed E-state index contributed by atoms with van der Waals surface area (Å²) in [5, 5.41) is 0. The van der Waals surface area contributed by atoms with Crippen molar-refractivity contribution in [2.45, 2.75) is 46.0 Å². The van der Waals surface area contributed by atoms with Crippen LogP contribution in [0.5, 0.6) is 0 Å². The van der Waals surface area contributed by atoms with Crippen molar-refractivity contribution >= 4 is 0 Å². The lowest BCUT2D eigenvalue weighted by atomic mass is 10.2. The highest BCUT2D eigenvalue weighted by atomic mass is 16.5. The van der Waals surface area contributed by atoms with Crippen LogP contribution in [0.15, 0.2) is 12.2 Å². The normalized spacial score (nSPS) is 10.2. The van der Waals surface area contributed by atoms with Crippen molar-refractivity contribution in [1.82, 2.24) is 0 Å². The van der Waals surface area contributed by atoms with E-state index in [2.05, 4.69) is 13.5 Å². The van der Waals surface area contributed by atoms with E-state index in [-0.39, 0.29) is 0 Å². The Hall–Kier alpha value is -0.300. The minimum absolute atomic E-state index is 0.849. The van der Waals surface area contributed by atoms with Gasteiger partial charge in [-0.25, -0.2) is 0 Å². The van der Waals surface area contributed by atoms with Gasteiger partial charge in [-0.2, -0.15) is 0 Å². The van der Waals surface area contributed by atoms with E-state index in [0.29, 0.717) is 0 Å². The number of rotatable bonds is 8. The van der Waals surface area contributed by atoms with E-state index in [9.17, 15) is 0 Å². The van der Waals surface area contributed by atoms with Gasteiger partial charge < -0.3 is 4.74 Å². The first-order valence-corrected chi connectivity index (χ1v) is 4.99. The average molecular weight is 170 g/mol. The molecule has 72 valence electrons. The Bertz CT molecular complexity index is 108. The van der Waals surface area contributed by atoms with E-state index >= 15 is 0 Å². The van der Waals surface area contributed by atoms with E-state index in [1.54, 1.807) is 0 Å². The van der Waals surface area contributed by atoms with Crippen molar-refractivity contribution in [3.8, 4) is 0 Å². The summed E-state index contributed by atoms with van der Waals surface area (Å²) in [5.74, 6) is 0. The zero-order valence-electron chi connectivity index (χ0n) is 8.57. The van der Waals surface area contributed by atoms with E-state index in [1.165, 1.54) is 31.3 Å². The van der Waals surface area contributed by atoms with E-state index in [4.69, 9.17) is 4.74 Å². The smallest absolute Gasteiger partial charge is 0.0502 e. The quantitative estimate of drug-likeness (QED) is 0.400. The van der Waals surface area contributed by atoms with Gasteiger partial charge in [-0.3, -0.25) is 0 Å². The van der Waals surface area contributed by atoms with Crippen LogP contribution in [0.25, 0.3) is 0 Å². The molecule has 0 heterocycles. The highest BCUT2D eigenvalue weighted by molar-refractivity contribution is 4.86. The average Bonchev–Trinajstić information content (AvgIpc) is 2.02. The third-order valence-corrected chi connectivity index (χ3v) is 1.82. The summed E-state index contributed by atoms with van der Waals surface area (Å²) in [6, 6.07) is 0. The second-order valence-electron chi connectivity index (χ2n) is 3.38. The lowest BCUT2D eigenvalue weighted by molar-refractivity contribution is 0.133. The summed E-state index contributed by atoms with van der Waals surface area (Å²) in [4.78, 5) is 0. The van der Waals surface area contributed by atoms with Gasteiger partial charge in [-0.15, -0.1) is 6.58 Å². The molecule has 0 amide bonds. The summed E-state index contributed by atoms with van der Waals surface area (Å²) in [7, 11) is 0. The fraction of sp³-hybridized carbons (Fsp3) is 0.818. The molecule has 0 bridgehead atoms. The van der Waals surface area contributed by atoms with E-state index in [0.717, 1.165) is 19.6 Å². The van der Waals surface area contributed by atoms with Crippen molar-refractivity contribution in [3.63, 3.8) is 0 Å². The second kappa shape index (κ2) is 8.79. The first kappa shape index (κ1) is 11.7. The molecule has 0 aliphatic heterocycles. The van der Waals surface area contributed by atoms with Crippen LogP contribution in [-0.4, -0.2) is 13.2 Å². The first-order chi connectivity index (χ1) is 5.77. The van der Waals surface area contributed by atoms with Gasteiger partial charge in [0.1, 0.15) is 0 Å². The Balaban J connectivity index is 2.86. The van der Waals surface area contributed by atoms with Gasteiger partial charge >= 0.3 is 0 Å².